The Hall–Kier alpha value is -1.94. The summed E-state index contributed by atoms with van der Waals surface area (Å²) in [4.78, 5) is 72.6. The number of ether oxygens (including phenoxy) is 4. The highest BCUT2D eigenvalue weighted by molar-refractivity contribution is 7.47. The van der Waals surface area contributed by atoms with Gasteiger partial charge in [0, 0.05) is 25.7 Å². The standard InChI is InChI=1S/C72H140O17P2/c1-9-65(8)51-43-35-26-22-23-29-39-47-55-72(77)89-68(59-83-70(75)53-45-37-31-30-34-42-50-64(6)7)61-87-91(80,81)85-57-66(73)56-84-90(78,79)86-60-67(88-71(76)54-46-38-28-21-17-16-19-25-33-41-49-63(4)5)58-82-69(74)52-44-36-27-20-15-13-11-10-12-14-18-24-32-40-48-62(2)3/h62-68,73H,9-61H2,1-8H3,(H,78,79)(H,80,81)/t65?,66-,67-,68-/m1/s1. The lowest BCUT2D eigenvalue weighted by Crippen LogP contribution is -2.30. The van der Waals surface area contributed by atoms with Gasteiger partial charge in [-0.05, 0) is 49.4 Å². The predicted molar refractivity (Wildman–Crippen MR) is 367 cm³/mol. The molecule has 0 rings (SSSR count). The smallest absolute Gasteiger partial charge is 0.462 e. The fraction of sp³-hybridized carbons (Fsp3) is 0.944. The van der Waals surface area contributed by atoms with Crippen LogP contribution in [0.3, 0.4) is 0 Å². The van der Waals surface area contributed by atoms with E-state index in [4.69, 9.17) is 37.0 Å². The molecule has 0 spiro atoms. The van der Waals surface area contributed by atoms with E-state index < -0.39 is 97.5 Å². The summed E-state index contributed by atoms with van der Waals surface area (Å²) in [6, 6.07) is 0. The number of esters is 4. The quantitative estimate of drug-likeness (QED) is 0.0222. The number of rotatable bonds is 69. The first-order valence-corrected chi connectivity index (χ1v) is 40.2. The molecule has 19 heteroatoms. The maximum atomic E-state index is 13.0. The topological polar surface area (TPSA) is 237 Å². The highest BCUT2D eigenvalue weighted by Gasteiger charge is 2.30. The number of carbonyl (C=O) groups excluding carboxylic acids is 4. The summed E-state index contributed by atoms with van der Waals surface area (Å²) < 4.78 is 68.3. The van der Waals surface area contributed by atoms with Crippen molar-refractivity contribution in [3.8, 4) is 0 Å². The number of phosphoric acid groups is 2. The van der Waals surface area contributed by atoms with Crippen LogP contribution in [0.5, 0.6) is 0 Å². The number of hydrogen-bond donors (Lipinski definition) is 3. The maximum absolute atomic E-state index is 13.0. The van der Waals surface area contributed by atoms with Crippen LogP contribution in [0.15, 0.2) is 0 Å². The SMILES string of the molecule is CCC(C)CCCCCCCCCCC(=O)O[C@H](COC(=O)CCCCCCCCC(C)C)COP(=O)(O)OC[C@H](O)COP(=O)(O)OC[C@@H](COC(=O)CCCCCCCCCCCCCCCCC(C)C)OC(=O)CCCCCCCCCCCCC(C)C. The molecule has 0 bridgehead atoms. The summed E-state index contributed by atoms with van der Waals surface area (Å²) in [7, 11) is -9.91. The fourth-order valence-electron chi connectivity index (χ4n) is 10.8. The molecule has 91 heavy (non-hydrogen) atoms. The van der Waals surface area contributed by atoms with Crippen molar-refractivity contribution >= 4 is 39.5 Å². The molecule has 0 heterocycles. The Morgan fingerprint density at radius 1 is 0.308 bits per heavy atom. The van der Waals surface area contributed by atoms with Gasteiger partial charge in [-0.3, -0.25) is 37.3 Å². The van der Waals surface area contributed by atoms with Gasteiger partial charge in [0.2, 0.25) is 0 Å². The number of phosphoric ester groups is 2. The van der Waals surface area contributed by atoms with E-state index in [1.807, 2.05) is 0 Å². The first kappa shape index (κ1) is 89.1. The van der Waals surface area contributed by atoms with Crippen molar-refractivity contribution in [1.82, 2.24) is 0 Å². The molecule has 0 saturated heterocycles. The number of aliphatic hydroxyl groups is 1. The van der Waals surface area contributed by atoms with Gasteiger partial charge >= 0.3 is 39.5 Å². The largest absolute Gasteiger partial charge is 0.472 e. The van der Waals surface area contributed by atoms with Crippen LogP contribution in [0.4, 0.5) is 0 Å². The van der Waals surface area contributed by atoms with E-state index in [1.54, 1.807) is 0 Å². The van der Waals surface area contributed by atoms with Crippen LogP contribution < -0.4 is 0 Å². The molecule has 0 aliphatic rings. The van der Waals surface area contributed by atoms with Crippen LogP contribution in [0.25, 0.3) is 0 Å². The van der Waals surface area contributed by atoms with E-state index in [2.05, 4.69) is 55.4 Å². The third-order valence-electron chi connectivity index (χ3n) is 16.9. The minimum absolute atomic E-state index is 0.103. The normalized spacial score (nSPS) is 14.5. The van der Waals surface area contributed by atoms with Crippen LogP contribution in [-0.4, -0.2) is 96.7 Å². The second kappa shape index (κ2) is 61.6. The van der Waals surface area contributed by atoms with E-state index in [9.17, 15) is 43.2 Å². The molecule has 17 nitrogen and oxygen atoms in total. The average Bonchev–Trinajstić information content (AvgIpc) is 3.71. The maximum Gasteiger partial charge on any atom is 0.472 e. The third-order valence-corrected chi connectivity index (χ3v) is 18.8. The molecule has 3 unspecified atom stereocenters. The molecule has 0 aromatic carbocycles. The Morgan fingerprint density at radius 3 is 0.780 bits per heavy atom. The van der Waals surface area contributed by atoms with Crippen LogP contribution in [0, 0.1) is 23.7 Å². The molecule has 0 aromatic heterocycles. The van der Waals surface area contributed by atoms with Crippen LogP contribution in [-0.2, 0) is 65.4 Å². The summed E-state index contributed by atoms with van der Waals surface area (Å²) in [5, 5.41) is 10.6. The summed E-state index contributed by atoms with van der Waals surface area (Å²) in [5.74, 6) is 0.871. The molecule has 0 aliphatic heterocycles. The van der Waals surface area contributed by atoms with Gasteiger partial charge in [0.1, 0.15) is 19.3 Å². The van der Waals surface area contributed by atoms with Gasteiger partial charge in [-0.25, -0.2) is 9.13 Å². The van der Waals surface area contributed by atoms with Gasteiger partial charge < -0.3 is 33.8 Å². The lowest BCUT2D eigenvalue weighted by molar-refractivity contribution is -0.161. The zero-order valence-corrected chi connectivity index (χ0v) is 61.3. The zero-order chi connectivity index (χ0) is 67.5. The van der Waals surface area contributed by atoms with E-state index in [0.29, 0.717) is 31.6 Å². The number of aliphatic hydroxyl groups excluding tert-OH is 1. The lowest BCUT2D eigenvalue weighted by atomic mass is 9.99. The molecular formula is C72H140O17P2. The van der Waals surface area contributed by atoms with Crippen molar-refractivity contribution in [1.29, 1.82) is 0 Å². The summed E-state index contributed by atoms with van der Waals surface area (Å²) >= 11 is 0. The molecule has 0 aromatic rings. The van der Waals surface area contributed by atoms with E-state index in [0.717, 1.165) is 114 Å². The van der Waals surface area contributed by atoms with Gasteiger partial charge in [0.15, 0.2) is 12.2 Å². The monoisotopic (exact) mass is 1340 g/mol. The number of hydrogen-bond acceptors (Lipinski definition) is 15. The molecule has 6 atom stereocenters. The first-order valence-electron chi connectivity index (χ1n) is 37.2. The van der Waals surface area contributed by atoms with Crippen LogP contribution in [0.2, 0.25) is 0 Å². The van der Waals surface area contributed by atoms with E-state index in [1.165, 1.54) is 154 Å². The van der Waals surface area contributed by atoms with Gasteiger partial charge in [0.25, 0.3) is 0 Å². The van der Waals surface area contributed by atoms with Gasteiger partial charge in [0.05, 0.1) is 26.4 Å². The van der Waals surface area contributed by atoms with Gasteiger partial charge in [-0.1, -0.05) is 306 Å². The van der Waals surface area contributed by atoms with Crippen molar-refractivity contribution in [2.24, 2.45) is 23.7 Å². The molecule has 3 N–H and O–H groups in total. The summed E-state index contributed by atoms with van der Waals surface area (Å²) in [6.07, 6.45) is 44.5. The average molecular weight is 1340 g/mol. The van der Waals surface area contributed by atoms with Crippen LogP contribution in [0.1, 0.15) is 357 Å². The van der Waals surface area contributed by atoms with E-state index >= 15 is 0 Å². The van der Waals surface area contributed by atoms with Crippen molar-refractivity contribution < 1.29 is 80.2 Å². The Morgan fingerprint density at radius 2 is 0.527 bits per heavy atom. The highest BCUT2D eigenvalue weighted by atomic mass is 31.2. The van der Waals surface area contributed by atoms with E-state index in [-0.39, 0.29) is 25.7 Å². The third kappa shape index (κ3) is 65.1. The predicted octanol–water partition coefficient (Wildman–Crippen LogP) is 20.5. The van der Waals surface area contributed by atoms with Gasteiger partial charge in [-0.15, -0.1) is 0 Å². The Labute approximate surface area is 556 Å². The van der Waals surface area contributed by atoms with Gasteiger partial charge in [-0.2, -0.15) is 0 Å². The number of carbonyl (C=O) groups is 4. The van der Waals surface area contributed by atoms with Crippen molar-refractivity contribution in [2.75, 3.05) is 39.6 Å². The minimum Gasteiger partial charge on any atom is -0.462 e. The molecule has 540 valence electrons. The summed E-state index contributed by atoms with van der Waals surface area (Å²) in [5.41, 5.74) is 0. The molecule has 0 aliphatic carbocycles. The van der Waals surface area contributed by atoms with Crippen molar-refractivity contribution in [2.45, 2.75) is 375 Å². The fourth-order valence-corrected chi connectivity index (χ4v) is 12.4. The highest BCUT2D eigenvalue weighted by Crippen LogP contribution is 2.45. The Balaban J connectivity index is 5.23. The summed E-state index contributed by atoms with van der Waals surface area (Å²) in [6.45, 7) is 14.1. The molecule has 0 fully saturated rings. The molecule has 0 saturated carbocycles. The minimum atomic E-state index is -4.95. The Kier molecular flexibility index (Phi) is 60.3. The van der Waals surface area contributed by atoms with Crippen molar-refractivity contribution in [3.63, 3.8) is 0 Å². The van der Waals surface area contributed by atoms with Crippen molar-refractivity contribution in [3.05, 3.63) is 0 Å². The molecule has 0 amide bonds. The Bertz CT molecular complexity index is 1800. The first-order chi connectivity index (χ1) is 43.6. The lowest BCUT2D eigenvalue weighted by Gasteiger charge is -2.21. The van der Waals surface area contributed by atoms with Crippen LogP contribution >= 0.6 is 15.6 Å². The second-order valence-electron chi connectivity index (χ2n) is 27.6. The molecular weight excluding hydrogens is 1200 g/mol. The zero-order valence-electron chi connectivity index (χ0n) is 59.5. The second-order valence-corrected chi connectivity index (χ2v) is 30.6. The number of unbranched alkanes of at least 4 members (excludes halogenated alkanes) is 34. The molecule has 0 radical (unpaired) electrons.